The van der Waals surface area contributed by atoms with Gasteiger partial charge in [0.05, 0.1) is 12.0 Å². The van der Waals surface area contributed by atoms with Crippen LogP contribution in [0.1, 0.15) is 24.1 Å². The zero-order valence-corrected chi connectivity index (χ0v) is 7.73. The van der Waals surface area contributed by atoms with Gasteiger partial charge >= 0.3 is 0 Å². The Hall–Kier alpha value is -0.610. The molecule has 0 spiro atoms. The first-order valence-electron chi connectivity index (χ1n) is 3.97. The Morgan fingerprint density at radius 1 is 1.67 bits per heavy atom. The van der Waals surface area contributed by atoms with Crippen molar-refractivity contribution in [2.75, 3.05) is 7.11 Å². The molecule has 0 radical (unpaired) electrons. The monoisotopic (exact) mass is 185 g/mol. The minimum absolute atomic E-state index is 0.589. The van der Waals surface area contributed by atoms with Crippen LogP contribution in [0.5, 0.6) is 5.19 Å². The highest BCUT2D eigenvalue weighted by molar-refractivity contribution is 7.13. The minimum Gasteiger partial charge on any atom is -0.473 e. The van der Waals surface area contributed by atoms with Crippen molar-refractivity contribution in [2.24, 2.45) is 0 Å². The second-order valence-electron chi connectivity index (χ2n) is 3.08. The van der Waals surface area contributed by atoms with E-state index < -0.39 is 5.60 Å². The average molecular weight is 185 g/mol. The molecule has 1 heterocycles. The summed E-state index contributed by atoms with van der Waals surface area (Å²) in [5.74, 6) is 0. The molecule has 0 aliphatic heterocycles. The third-order valence-electron chi connectivity index (χ3n) is 2.30. The quantitative estimate of drug-likeness (QED) is 0.759. The van der Waals surface area contributed by atoms with Crippen molar-refractivity contribution in [1.82, 2.24) is 4.98 Å². The second kappa shape index (κ2) is 2.71. The largest absolute Gasteiger partial charge is 0.473 e. The lowest BCUT2D eigenvalue weighted by Gasteiger charge is -2.34. The third kappa shape index (κ3) is 1.11. The lowest BCUT2D eigenvalue weighted by Crippen LogP contribution is -2.32. The SMILES string of the molecule is COc1ncc(C2(O)CCC2)s1. The summed E-state index contributed by atoms with van der Waals surface area (Å²) in [6.07, 6.45) is 4.54. The van der Waals surface area contributed by atoms with Crippen LogP contribution in [0.4, 0.5) is 0 Å². The van der Waals surface area contributed by atoms with Gasteiger partial charge in [0.1, 0.15) is 5.60 Å². The highest BCUT2D eigenvalue weighted by atomic mass is 32.1. The number of ether oxygens (including phenoxy) is 1. The highest BCUT2D eigenvalue weighted by Gasteiger charge is 2.38. The molecule has 0 saturated heterocycles. The summed E-state index contributed by atoms with van der Waals surface area (Å²) in [5.41, 5.74) is -0.589. The molecule has 0 aromatic carbocycles. The molecule has 1 aromatic rings. The van der Waals surface area contributed by atoms with E-state index in [0.717, 1.165) is 24.1 Å². The molecular formula is C8H11NO2S. The van der Waals surface area contributed by atoms with E-state index in [2.05, 4.69) is 4.98 Å². The molecule has 4 heteroatoms. The molecule has 2 rings (SSSR count). The molecule has 0 atom stereocenters. The summed E-state index contributed by atoms with van der Waals surface area (Å²) in [5, 5.41) is 10.5. The Bertz CT molecular complexity index is 280. The van der Waals surface area contributed by atoms with Gasteiger partial charge < -0.3 is 9.84 Å². The van der Waals surface area contributed by atoms with Crippen LogP contribution in [0, 0.1) is 0 Å². The van der Waals surface area contributed by atoms with Crippen molar-refractivity contribution < 1.29 is 9.84 Å². The van der Waals surface area contributed by atoms with Crippen molar-refractivity contribution in [3.8, 4) is 5.19 Å². The normalized spacial score (nSPS) is 20.2. The van der Waals surface area contributed by atoms with Crippen molar-refractivity contribution in [3.05, 3.63) is 11.1 Å². The van der Waals surface area contributed by atoms with E-state index in [-0.39, 0.29) is 0 Å². The second-order valence-corrected chi connectivity index (χ2v) is 4.07. The number of aromatic nitrogens is 1. The van der Waals surface area contributed by atoms with Gasteiger partial charge in [-0.15, -0.1) is 0 Å². The van der Waals surface area contributed by atoms with E-state index in [1.165, 1.54) is 11.3 Å². The standard InChI is InChI=1S/C8H11NO2S/c1-11-7-9-5-6(12-7)8(10)3-2-4-8/h5,10H,2-4H2,1H3. The Balaban J connectivity index is 2.22. The number of nitrogens with zero attached hydrogens (tertiary/aromatic N) is 1. The van der Waals surface area contributed by atoms with Gasteiger partial charge in [0.15, 0.2) is 0 Å². The van der Waals surface area contributed by atoms with E-state index in [4.69, 9.17) is 4.74 Å². The molecular weight excluding hydrogens is 174 g/mol. The number of hydrogen-bond acceptors (Lipinski definition) is 4. The first kappa shape index (κ1) is 8.01. The van der Waals surface area contributed by atoms with Crippen molar-refractivity contribution in [1.29, 1.82) is 0 Å². The van der Waals surface area contributed by atoms with Crippen LogP contribution < -0.4 is 4.74 Å². The van der Waals surface area contributed by atoms with Crippen LogP contribution in [-0.4, -0.2) is 17.2 Å². The van der Waals surface area contributed by atoms with Crippen LogP contribution in [0.3, 0.4) is 0 Å². The topological polar surface area (TPSA) is 42.4 Å². The summed E-state index contributed by atoms with van der Waals surface area (Å²) in [4.78, 5) is 4.95. The molecule has 66 valence electrons. The van der Waals surface area contributed by atoms with E-state index in [1.54, 1.807) is 13.3 Å². The van der Waals surface area contributed by atoms with Gasteiger partial charge in [0.2, 0.25) is 0 Å². The summed E-state index contributed by atoms with van der Waals surface area (Å²) >= 11 is 1.43. The summed E-state index contributed by atoms with van der Waals surface area (Å²) in [6, 6.07) is 0. The predicted molar refractivity (Wildman–Crippen MR) is 46.4 cm³/mol. The summed E-state index contributed by atoms with van der Waals surface area (Å²) in [7, 11) is 1.59. The maximum absolute atomic E-state index is 9.91. The third-order valence-corrected chi connectivity index (χ3v) is 3.45. The molecule has 1 N–H and O–H groups in total. The van der Waals surface area contributed by atoms with Gasteiger partial charge in [-0.1, -0.05) is 11.3 Å². The summed E-state index contributed by atoms with van der Waals surface area (Å²) in [6.45, 7) is 0. The van der Waals surface area contributed by atoms with E-state index >= 15 is 0 Å². The van der Waals surface area contributed by atoms with E-state index in [0.29, 0.717) is 5.19 Å². The molecule has 1 saturated carbocycles. The highest BCUT2D eigenvalue weighted by Crippen LogP contribution is 2.44. The zero-order chi connectivity index (χ0) is 8.60. The number of thiazole rings is 1. The average Bonchev–Trinajstić information content (AvgIpc) is 2.48. The molecule has 1 aliphatic rings. The van der Waals surface area contributed by atoms with Crippen molar-refractivity contribution in [3.63, 3.8) is 0 Å². The fourth-order valence-electron chi connectivity index (χ4n) is 1.33. The molecule has 0 bridgehead atoms. The van der Waals surface area contributed by atoms with Crippen LogP contribution in [0.15, 0.2) is 6.20 Å². The number of hydrogen-bond donors (Lipinski definition) is 1. The fourth-order valence-corrected chi connectivity index (χ4v) is 2.20. The smallest absolute Gasteiger partial charge is 0.273 e. The Kier molecular flexibility index (Phi) is 1.81. The minimum atomic E-state index is -0.589. The van der Waals surface area contributed by atoms with Crippen LogP contribution in [0.2, 0.25) is 0 Å². The molecule has 0 unspecified atom stereocenters. The van der Waals surface area contributed by atoms with Crippen molar-refractivity contribution >= 4 is 11.3 Å². The number of methoxy groups -OCH3 is 1. The molecule has 1 fully saturated rings. The molecule has 0 amide bonds. The van der Waals surface area contributed by atoms with Crippen LogP contribution in [-0.2, 0) is 5.60 Å². The van der Waals surface area contributed by atoms with Gasteiger partial charge in [-0.25, -0.2) is 4.98 Å². The Labute approximate surface area is 75.0 Å². The Morgan fingerprint density at radius 2 is 2.42 bits per heavy atom. The van der Waals surface area contributed by atoms with Gasteiger partial charge in [-0.05, 0) is 19.3 Å². The summed E-state index contributed by atoms with van der Waals surface area (Å²) < 4.78 is 4.95. The predicted octanol–water partition coefficient (Wildman–Crippen LogP) is 1.52. The van der Waals surface area contributed by atoms with Gasteiger partial charge in [0, 0.05) is 6.20 Å². The van der Waals surface area contributed by atoms with Crippen LogP contribution >= 0.6 is 11.3 Å². The van der Waals surface area contributed by atoms with E-state index in [1.807, 2.05) is 0 Å². The molecule has 12 heavy (non-hydrogen) atoms. The van der Waals surface area contributed by atoms with Gasteiger partial charge in [0.25, 0.3) is 5.19 Å². The zero-order valence-electron chi connectivity index (χ0n) is 6.91. The van der Waals surface area contributed by atoms with Crippen LogP contribution in [0.25, 0.3) is 0 Å². The molecule has 1 aromatic heterocycles. The molecule has 3 nitrogen and oxygen atoms in total. The number of aliphatic hydroxyl groups is 1. The maximum atomic E-state index is 9.91. The fraction of sp³-hybridized carbons (Fsp3) is 0.625. The first-order valence-corrected chi connectivity index (χ1v) is 4.79. The van der Waals surface area contributed by atoms with Crippen molar-refractivity contribution in [2.45, 2.75) is 24.9 Å². The van der Waals surface area contributed by atoms with Gasteiger partial charge in [-0.3, -0.25) is 0 Å². The lowest BCUT2D eigenvalue weighted by molar-refractivity contribution is -0.0356. The first-order chi connectivity index (χ1) is 5.74. The maximum Gasteiger partial charge on any atom is 0.273 e. The molecule has 1 aliphatic carbocycles. The lowest BCUT2D eigenvalue weighted by atomic mass is 9.79. The number of rotatable bonds is 2. The van der Waals surface area contributed by atoms with Gasteiger partial charge in [-0.2, -0.15) is 0 Å². The Morgan fingerprint density at radius 3 is 2.83 bits per heavy atom. The van der Waals surface area contributed by atoms with E-state index in [9.17, 15) is 5.11 Å².